The molecule has 1 saturated heterocycles. The lowest BCUT2D eigenvalue weighted by molar-refractivity contribution is -0.132. The SMILES string of the molecule is O=C(NCCCC(=O)N1CCC(C(=O)c2ccccc2)CC1)c1ccc(F)cc1F. The van der Waals surface area contributed by atoms with Crippen molar-refractivity contribution in [1.82, 2.24) is 10.2 Å². The van der Waals surface area contributed by atoms with Crippen LogP contribution in [-0.2, 0) is 4.79 Å². The number of benzene rings is 2. The molecule has 5 nitrogen and oxygen atoms in total. The molecule has 0 aromatic heterocycles. The zero-order valence-electron chi connectivity index (χ0n) is 16.6. The van der Waals surface area contributed by atoms with Crippen LogP contribution in [0.25, 0.3) is 0 Å². The summed E-state index contributed by atoms with van der Waals surface area (Å²) in [5.41, 5.74) is 0.475. The van der Waals surface area contributed by atoms with Crippen molar-refractivity contribution in [2.75, 3.05) is 19.6 Å². The van der Waals surface area contributed by atoms with Gasteiger partial charge in [-0.05, 0) is 31.4 Å². The van der Waals surface area contributed by atoms with Crippen LogP contribution in [0.3, 0.4) is 0 Å². The van der Waals surface area contributed by atoms with Gasteiger partial charge in [0.1, 0.15) is 11.6 Å². The van der Waals surface area contributed by atoms with Crippen LogP contribution in [0.4, 0.5) is 8.78 Å². The van der Waals surface area contributed by atoms with Crippen LogP contribution in [-0.4, -0.2) is 42.1 Å². The Labute approximate surface area is 174 Å². The highest BCUT2D eigenvalue weighted by molar-refractivity contribution is 5.98. The number of nitrogens with zero attached hydrogens (tertiary/aromatic N) is 1. The van der Waals surface area contributed by atoms with Gasteiger partial charge in [0.15, 0.2) is 5.78 Å². The van der Waals surface area contributed by atoms with E-state index in [-0.39, 0.29) is 36.1 Å². The molecule has 0 unspecified atom stereocenters. The van der Waals surface area contributed by atoms with Crippen LogP contribution in [0.15, 0.2) is 48.5 Å². The predicted octanol–water partition coefficient (Wildman–Crippen LogP) is 3.60. The molecule has 1 heterocycles. The summed E-state index contributed by atoms with van der Waals surface area (Å²) in [4.78, 5) is 38.6. The van der Waals surface area contributed by atoms with E-state index >= 15 is 0 Å². The van der Waals surface area contributed by atoms with Gasteiger partial charge >= 0.3 is 0 Å². The van der Waals surface area contributed by atoms with Crippen molar-refractivity contribution in [3.8, 4) is 0 Å². The maximum Gasteiger partial charge on any atom is 0.254 e. The second kappa shape index (κ2) is 10.1. The van der Waals surface area contributed by atoms with E-state index in [4.69, 9.17) is 0 Å². The third kappa shape index (κ3) is 5.49. The summed E-state index contributed by atoms with van der Waals surface area (Å²) in [5.74, 6) is -2.27. The van der Waals surface area contributed by atoms with Gasteiger partial charge in [0, 0.05) is 43.6 Å². The van der Waals surface area contributed by atoms with E-state index in [0.29, 0.717) is 44.0 Å². The number of carbonyl (C=O) groups is 3. The Morgan fingerprint density at radius 3 is 2.37 bits per heavy atom. The molecule has 1 aliphatic heterocycles. The Kier molecular flexibility index (Phi) is 7.27. The molecule has 2 aromatic carbocycles. The van der Waals surface area contributed by atoms with Gasteiger partial charge in [0.2, 0.25) is 5.91 Å². The molecular formula is C23H24F2N2O3. The van der Waals surface area contributed by atoms with E-state index in [1.165, 1.54) is 0 Å². The number of hydrogen-bond donors (Lipinski definition) is 1. The van der Waals surface area contributed by atoms with Crippen molar-refractivity contribution in [3.05, 3.63) is 71.3 Å². The summed E-state index contributed by atoms with van der Waals surface area (Å²) in [6.07, 6.45) is 1.94. The van der Waals surface area contributed by atoms with Gasteiger partial charge in [-0.1, -0.05) is 30.3 Å². The topological polar surface area (TPSA) is 66.5 Å². The molecule has 1 aliphatic rings. The van der Waals surface area contributed by atoms with Gasteiger partial charge in [-0.15, -0.1) is 0 Å². The number of rotatable bonds is 7. The number of halogens is 2. The molecule has 0 aliphatic carbocycles. The van der Waals surface area contributed by atoms with E-state index in [9.17, 15) is 23.2 Å². The fourth-order valence-corrected chi connectivity index (χ4v) is 3.60. The monoisotopic (exact) mass is 414 g/mol. The molecule has 7 heteroatoms. The predicted molar refractivity (Wildman–Crippen MR) is 108 cm³/mol. The molecule has 3 rings (SSSR count). The summed E-state index contributed by atoms with van der Waals surface area (Å²) in [6.45, 7) is 1.29. The van der Waals surface area contributed by atoms with Crippen LogP contribution < -0.4 is 5.32 Å². The Balaban J connectivity index is 1.38. The number of ketones is 1. The van der Waals surface area contributed by atoms with Crippen molar-refractivity contribution in [3.63, 3.8) is 0 Å². The summed E-state index contributed by atoms with van der Waals surface area (Å²) >= 11 is 0. The molecule has 0 saturated carbocycles. The number of nitrogens with one attached hydrogen (secondary N) is 1. The second-order valence-corrected chi connectivity index (χ2v) is 7.37. The highest BCUT2D eigenvalue weighted by Gasteiger charge is 2.27. The summed E-state index contributed by atoms with van der Waals surface area (Å²) in [7, 11) is 0. The van der Waals surface area contributed by atoms with Crippen LogP contribution in [0, 0.1) is 17.6 Å². The van der Waals surface area contributed by atoms with Crippen LogP contribution in [0.2, 0.25) is 0 Å². The van der Waals surface area contributed by atoms with Crippen molar-refractivity contribution >= 4 is 17.6 Å². The van der Waals surface area contributed by atoms with Gasteiger partial charge in [0.05, 0.1) is 5.56 Å². The normalized spacial score (nSPS) is 14.4. The first-order valence-corrected chi connectivity index (χ1v) is 10.1. The molecular weight excluding hydrogens is 390 g/mol. The molecule has 2 aromatic rings. The van der Waals surface area contributed by atoms with Crippen LogP contribution in [0.1, 0.15) is 46.4 Å². The van der Waals surface area contributed by atoms with E-state index < -0.39 is 17.5 Å². The van der Waals surface area contributed by atoms with Crippen molar-refractivity contribution in [1.29, 1.82) is 0 Å². The summed E-state index contributed by atoms with van der Waals surface area (Å²) < 4.78 is 26.5. The van der Waals surface area contributed by atoms with E-state index in [0.717, 1.165) is 12.1 Å². The quantitative estimate of drug-likeness (QED) is 0.556. The van der Waals surface area contributed by atoms with Gasteiger partial charge in [-0.2, -0.15) is 0 Å². The number of carbonyl (C=O) groups excluding carboxylic acids is 3. The Morgan fingerprint density at radius 1 is 1.00 bits per heavy atom. The highest BCUT2D eigenvalue weighted by atomic mass is 19.1. The third-order valence-electron chi connectivity index (χ3n) is 5.31. The summed E-state index contributed by atoms with van der Waals surface area (Å²) in [5, 5.41) is 2.54. The molecule has 2 amide bonds. The standard InChI is InChI=1S/C23H24F2N2O3/c24-18-8-9-19(20(25)15-18)23(30)26-12-4-7-21(28)27-13-10-17(11-14-27)22(29)16-5-2-1-3-6-16/h1-3,5-6,8-9,15,17H,4,7,10-14H2,(H,26,30). The van der Waals surface area contributed by atoms with Crippen molar-refractivity contribution < 1.29 is 23.2 Å². The molecule has 30 heavy (non-hydrogen) atoms. The number of hydrogen-bond acceptors (Lipinski definition) is 3. The van der Waals surface area contributed by atoms with Crippen LogP contribution in [0.5, 0.6) is 0 Å². The second-order valence-electron chi connectivity index (χ2n) is 7.37. The minimum atomic E-state index is -0.920. The first-order chi connectivity index (χ1) is 14.5. The Bertz CT molecular complexity index is 910. The maximum absolute atomic E-state index is 13.6. The average molecular weight is 414 g/mol. The zero-order chi connectivity index (χ0) is 21.5. The lowest BCUT2D eigenvalue weighted by Gasteiger charge is -2.31. The largest absolute Gasteiger partial charge is 0.352 e. The van der Waals surface area contributed by atoms with Crippen LogP contribution >= 0.6 is 0 Å². The summed E-state index contributed by atoms with van der Waals surface area (Å²) in [6, 6.07) is 11.9. The highest BCUT2D eigenvalue weighted by Crippen LogP contribution is 2.22. The van der Waals surface area contributed by atoms with E-state index in [2.05, 4.69) is 5.32 Å². The molecule has 158 valence electrons. The van der Waals surface area contributed by atoms with Crippen molar-refractivity contribution in [2.45, 2.75) is 25.7 Å². The average Bonchev–Trinajstić information content (AvgIpc) is 2.76. The molecule has 0 bridgehead atoms. The fraction of sp³-hybridized carbons (Fsp3) is 0.348. The number of piperidine rings is 1. The van der Waals surface area contributed by atoms with E-state index in [1.54, 1.807) is 4.90 Å². The number of amides is 2. The number of Topliss-reactive ketones (excluding diaryl/α,β-unsaturated/α-hetero) is 1. The Hall–Kier alpha value is -3.09. The minimum Gasteiger partial charge on any atom is -0.352 e. The molecule has 1 fully saturated rings. The molecule has 0 atom stereocenters. The Morgan fingerprint density at radius 2 is 1.70 bits per heavy atom. The van der Waals surface area contributed by atoms with Gasteiger partial charge in [0.25, 0.3) is 5.91 Å². The van der Waals surface area contributed by atoms with Gasteiger partial charge in [-0.3, -0.25) is 14.4 Å². The maximum atomic E-state index is 13.6. The van der Waals surface area contributed by atoms with Gasteiger partial charge in [-0.25, -0.2) is 8.78 Å². The van der Waals surface area contributed by atoms with Gasteiger partial charge < -0.3 is 10.2 Å². The smallest absolute Gasteiger partial charge is 0.254 e. The molecule has 0 radical (unpaired) electrons. The lowest BCUT2D eigenvalue weighted by atomic mass is 9.89. The lowest BCUT2D eigenvalue weighted by Crippen LogP contribution is -2.40. The first kappa shape index (κ1) is 21.6. The molecule has 1 N–H and O–H groups in total. The zero-order valence-corrected chi connectivity index (χ0v) is 16.6. The minimum absolute atomic E-state index is 0.0252. The number of likely N-dealkylation sites (tertiary alicyclic amines) is 1. The first-order valence-electron chi connectivity index (χ1n) is 10.1. The molecule has 0 spiro atoms. The third-order valence-corrected chi connectivity index (χ3v) is 5.31. The van der Waals surface area contributed by atoms with E-state index in [1.807, 2.05) is 30.3 Å². The fourth-order valence-electron chi connectivity index (χ4n) is 3.60. The van der Waals surface area contributed by atoms with Crippen molar-refractivity contribution in [2.24, 2.45) is 5.92 Å².